The molecular formula is C21H27NO4S. The first-order valence-electron chi connectivity index (χ1n) is 9.27. The lowest BCUT2D eigenvalue weighted by atomic mass is 10.0. The number of aryl methyl sites for hydroxylation is 1. The van der Waals surface area contributed by atoms with Crippen molar-refractivity contribution in [1.82, 2.24) is 4.31 Å². The summed E-state index contributed by atoms with van der Waals surface area (Å²) in [6, 6.07) is 15.3. The van der Waals surface area contributed by atoms with Crippen molar-refractivity contribution >= 4 is 10.0 Å². The van der Waals surface area contributed by atoms with Gasteiger partial charge in [-0.05, 0) is 48.9 Å². The number of sulfonamides is 1. The van der Waals surface area contributed by atoms with Gasteiger partial charge in [0.15, 0.2) is 0 Å². The fraction of sp³-hybridized carbons (Fsp3) is 0.429. The summed E-state index contributed by atoms with van der Waals surface area (Å²) in [7, 11) is -2.08. The minimum atomic E-state index is -3.58. The third-order valence-corrected chi connectivity index (χ3v) is 6.77. The average Bonchev–Trinajstić information content (AvgIpc) is 2.69. The summed E-state index contributed by atoms with van der Waals surface area (Å²) >= 11 is 0. The van der Waals surface area contributed by atoms with Crippen LogP contribution in [-0.4, -0.2) is 39.5 Å². The van der Waals surface area contributed by atoms with Crippen molar-refractivity contribution in [2.75, 3.05) is 26.8 Å². The highest BCUT2D eigenvalue weighted by Crippen LogP contribution is 2.30. The van der Waals surface area contributed by atoms with E-state index in [1.165, 1.54) is 7.11 Å². The minimum Gasteiger partial charge on any atom is -0.495 e. The Bertz CT molecular complexity index is 852. The Hall–Kier alpha value is -1.89. The number of benzene rings is 2. The molecule has 2 aromatic carbocycles. The predicted molar refractivity (Wildman–Crippen MR) is 105 cm³/mol. The second-order valence-electron chi connectivity index (χ2n) is 7.03. The first-order chi connectivity index (χ1) is 13.0. The zero-order valence-corrected chi connectivity index (χ0v) is 16.7. The highest BCUT2D eigenvalue weighted by atomic mass is 32.2. The first-order valence-corrected chi connectivity index (χ1v) is 10.7. The number of methoxy groups -OCH3 is 1. The summed E-state index contributed by atoms with van der Waals surface area (Å²) in [5, 5.41) is 0. The molecular weight excluding hydrogens is 362 g/mol. The largest absolute Gasteiger partial charge is 0.495 e. The zero-order chi connectivity index (χ0) is 19.3. The first kappa shape index (κ1) is 19.9. The van der Waals surface area contributed by atoms with Gasteiger partial charge in [-0.1, -0.05) is 36.4 Å². The number of ether oxygens (including phenoxy) is 2. The Morgan fingerprint density at radius 1 is 1.15 bits per heavy atom. The van der Waals surface area contributed by atoms with Gasteiger partial charge in [0.2, 0.25) is 10.0 Å². The molecule has 0 aliphatic carbocycles. The van der Waals surface area contributed by atoms with E-state index >= 15 is 0 Å². The van der Waals surface area contributed by atoms with Gasteiger partial charge in [0.25, 0.3) is 0 Å². The highest BCUT2D eigenvalue weighted by Gasteiger charge is 2.32. The van der Waals surface area contributed by atoms with Crippen molar-refractivity contribution < 1.29 is 17.9 Å². The second-order valence-corrected chi connectivity index (χ2v) is 8.93. The quantitative estimate of drug-likeness (QED) is 0.726. The third-order valence-electron chi connectivity index (χ3n) is 4.88. The van der Waals surface area contributed by atoms with Crippen LogP contribution in [0.3, 0.4) is 0 Å². The molecule has 1 unspecified atom stereocenters. The van der Waals surface area contributed by atoms with Crippen LogP contribution in [-0.2, 0) is 21.4 Å². The zero-order valence-electron chi connectivity index (χ0n) is 15.9. The van der Waals surface area contributed by atoms with E-state index in [2.05, 4.69) is 0 Å². The van der Waals surface area contributed by atoms with Gasteiger partial charge in [-0.2, -0.15) is 4.31 Å². The van der Waals surface area contributed by atoms with E-state index in [1.54, 1.807) is 16.4 Å². The van der Waals surface area contributed by atoms with Crippen LogP contribution in [0.5, 0.6) is 5.75 Å². The Morgan fingerprint density at radius 3 is 2.67 bits per heavy atom. The topological polar surface area (TPSA) is 55.8 Å². The molecule has 146 valence electrons. The number of hydrogen-bond donors (Lipinski definition) is 0. The fourth-order valence-corrected chi connectivity index (χ4v) is 5.22. The van der Waals surface area contributed by atoms with E-state index in [-0.39, 0.29) is 10.8 Å². The fourth-order valence-electron chi connectivity index (χ4n) is 3.42. The molecule has 1 aliphatic rings. The Kier molecular flexibility index (Phi) is 6.52. The maximum Gasteiger partial charge on any atom is 0.246 e. The van der Waals surface area contributed by atoms with Crippen LogP contribution in [0.15, 0.2) is 53.4 Å². The van der Waals surface area contributed by atoms with Gasteiger partial charge in [0.05, 0.1) is 20.3 Å². The molecule has 1 saturated heterocycles. The Labute approximate surface area is 162 Å². The molecule has 0 aromatic heterocycles. The third kappa shape index (κ3) is 4.89. The van der Waals surface area contributed by atoms with E-state index in [4.69, 9.17) is 9.47 Å². The summed E-state index contributed by atoms with van der Waals surface area (Å²) in [5.74, 6) is 0.594. The molecule has 27 heavy (non-hydrogen) atoms. The lowest BCUT2D eigenvalue weighted by Crippen LogP contribution is -2.41. The van der Waals surface area contributed by atoms with Gasteiger partial charge in [0.1, 0.15) is 10.6 Å². The lowest BCUT2D eigenvalue weighted by molar-refractivity contribution is 0.0672. The molecule has 1 heterocycles. The number of rotatable bonds is 7. The monoisotopic (exact) mass is 389 g/mol. The molecule has 1 aliphatic heterocycles. The standard InChI is InChI=1S/C21H27NO4S/c1-17-10-11-20(25-2)21(13-17)27(23,24)22-12-6-9-19(14-22)16-26-15-18-7-4-3-5-8-18/h3-5,7-8,10-11,13,19H,6,9,12,14-16H2,1-2H3. The van der Waals surface area contributed by atoms with E-state index in [9.17, 15) is 8.42 Å². The van der Waals surface area contributed by atoms with E-state index in [0.29, 0.717) is 32.1 Å². The number of piperidine rings is 1. The van der Waals surface area contributed by atoms with E-state index in [1.807, 2.05) is 43.3 Å². The van der Waals surface area contributed by atoms with Crippen LogP contribution in [0.1, 0.15) is 24.0 Å². The van der Waals surface area contributed by atoms with Crippen LogP contribution < -0.4 is 4.74 Å². The smallest absolute Gasteiger partial charge is 0.246 e. The lowest BCUT2D eigenvalue weighted by Gasteiger charge is -2.32. The average molecular weight is 390 g/mol. The Morgan fingerprint density at radius 2 is 1.93 bits per heavy atom. The molecule has 0 radical (unpaired) electrons. The van der Waals surface area contributed by atoms with Crippen molar-refractivity contribution in [2.45, 2.75) is 31.3 Å². The molecule has 0 bridgehead atoms. The molecule has 0 amide bonds. The maximum atomic E-state index is 13.2. The number of nitrogens with zero attached hydrogens (tertiary/aromatic N) is 1. The number of hydrogen-bond acceptors (Lipinski definition) is 4. The van der Waals surface area contributed by atoms with Gasteiger partial charge >= 0.3 is 0 Å². The van der Waals surface area contributed by atoms with Gasteiger partial charge in [0, 0.05) is 13.1 Å². The summed E-state index contributed by atoms with van der Waals surface area (Å²) in [5.41, 5.74) is 2.02. The molecule has 1 fully saturated rings. The molecule has 6 heteroatoms. The van der Waals surface area contributed by atoms with Gasteiger partial charge < -0.3 is 9.47 Å². The molecule has 0 spiro atoms. The summed E-state index contributed by atoms with van der Waals surface area (Å²) in [4.78, 5) is 0.246. The van der Waals surface area contributed by atoms with Crippen LogP contribution in [0, 0.1) is 12.8 Å². The molecule has 0 saturated carbocycles. The summed E-state index contributed by atoms with van der Waals surface area (Å²) < 4.78 is 39.0. The molecule has 3 rings (SSSR count). The van der Waals surface area contributed by atoms with Crippen molar-refractivity contribution in [2.24, 2.45) is 5.92 Å². The van der Waals surface area contributed by atoms with Crippen molar-refractivity contribution in [3.05, 3.63) is 59.7 Å². The van der Waals surface area contributed by atoms with Crippen LogP contribution >= 0.6 is 0 Å². The van der Waals surface area contributed by atoms with E-state index < -0.39 is 10.0 Å². The summed E-state index contributed by atoms with van der Waals surface area (Å²) in [6.45, 7) is 4.01. The van der Waals surface area contributed by atoms with Crippen molar-refractivity contribution in [3.8, 4) is 5.75 Å². The van der Waals surface area contributed by atoms with Gasteiger partial charge in [-0.25, -0.2) is 8.42 Å². The van der Waals surface area contributed by atoms with Gasteiger partial charge in [-0.15, -0.1) is 0 Å². The second kappa shape index (κ2) is 8.87. The van der Waals surface area contributed by atoms with Gasteiger partial charge in [-0.3, -0.25) is 0 Å². The van der Waals surface area contributed by atoms with Crippen LogP contribution in [0.2, 0.25) is 0 Å². The summed E-state index contributed by atoms with van der Waals surface area (Å²) in [6.07, 6.45) is 1.82. The highest BCUT2D eigenvalue weighted by molar-refractivity contribution is 7.89. The van der Waals surface area contributed by atoms with Crippen LogP contribution in [0.25, 0.3) is 0 Å². The van der Waals surface area contributed by atoms with Crippen molar-refractivity contribution in [3.63, 3.8) is 0 Å². The maximum absolute atomic E-state index is 13.2. The van der Waals surface area contributed by atoms with Crippen molar-refractivity contribution in [1.29, 1.82) is 0 Å². The molecule has 5 nitrogen and oxygen atoms in total. The van der Waals surface area contributed by atoms with E-state index in [0.717, 1.165) is 24.0 Å². The molecule has 2 aromatic rings. The Balaban J connectivity index is 1.65. The molecule has 0 N–H and O–H groups in total. The van der Waals surface area contributed by atoms with Crippen LogP contribution in [0.4, 0.5) is 0 Å². The molecule has 1 atom stereocenters. The minimum absolute atomic E-state index is 0.202. The SMILES string of the molecule is COc1ccc(C)cc1S(=O)(=O)N1CCCC(COCc2ccccc2)C1. The predicted octanol–water partition coefficient (Wildman–Crippen LogP) is 3.62. The normalized spacial score (nSPS) is 18.4.